The van der Waals surface area contributed by atoms with E-state index in [1.165, 1.54) is 10.5 Å². The standard InChI is InChI=1S/C23H26N6O2/c1-3-18-21-10-20(27-29(21)12-15(2)25-18)19-11-23(30)28-13-17(4-5-22(28)26-19)31-14-16-6-8-24-9-7-16/h4-5,10-13,16,24H,3,6-9,14H2,1-2H3. The van der Waals surface area contributed by atoms with E-state index in [4.69, 9.17) is 4.74 Å². The second kappa shape index (κ2) is 8.11. The number of aryl methyl sites for hydroxylation is 2. The molecular weight excluding hydrogens is 392 g/mol. The van der Waals surface area contributed by atoms with Gasteiger partial charge in [0.05, 0.1) is 41.6 Å². The monoisotopic (exact) mass is 418 g/mol. The van der Waals surface area contributed by atoms with Crippen molar-refractivity contribution in [3.05, 3.63) is 58.4 Å². The number of nitrogens with one attached hydrogen (secondary N) is 1. The number of fused-ring (bicyclic) bond motifs is 2. The smallest absolute Gasteiger partial charge is 0.258 e. The lowest BCUT2D eigenvalue weighted by Gasteiger charge is -2.22. The van der Waals surface area contributed by atoms with Crippen molar-refractivity contribution < 1.29 is 4.74 Å². The summed E-state index contributed by atoms with van der Waals surface area (Å²) in [4.78, 5) is 22.1. The Hall–Kier alpha value is -3.26. The summed E-state index contributed by atoms with van der Waals surface area (Å²) in [6.45, 7) is 6.76. The molecule has 1 aliphatic heterocycles. The van der Waals surface area contributed by atoms with E-state index >= 15 is 0 Å². The zero-order chi connectivity index (χ0) is 21.4. The fraction of sp³-hybridized carbons (Fsp3) is 0.391. The van der Waals surface area contributed by atoms with Gasteiger partial charge in [-0.05, 0) is 63.4 Å². The van der Waals surface area contributed by atoms with Crippen molar-refractivity contribution in [3.8, 4) is 17.1 Å². The molecule has 0 saturated carbocycles. The number of nitrogens with zero attached hydrogens (tertiary/aromatic N) is 5. The van der Waals surface area contributed by atoms with E-state index < -0.39 is 0 Å². The summed E-state index contributed by atoms with van der Waals surface area (Å²) in [6, 6.07) is 7.16. The second-order valence-corrected chi connectivity index (χ2v) is 8.12. The van der Waals surface area contributed by atoms with E-state index in [0.717, 1.165) is 49.3 Å². The number of pyridine rings is 1. The molecule has 0 amide bonds. The highest BCUT2D eigenvalue weighted by atomic mass is 16.5. The quantitative estimate of drug-likeness (QED) is 0.536. The molecule has 0 aliphatic carbocycles. The summed E-state index contributed by atoms with van der Waals surface area (Å²) in [6.07, 6.45) is 6.66. The molecule has 5 heterocycles. The van der Waals surface area contributed by atoms with Crippen molar-refractivity contribution in [2.75, 3.05) is 19.7 Å². The van der Waals surface area contributed by atoms with Crippen molar-refractivity contribution in [1.29, 1.82) is 0 Å². The zero-order valence-corrected chi connectivity index (χ0v) is 17.8. The van der Waals surface area contributed by atoms with Crippen LogP contribution in [0.15, 0.2) is 41.5 Å². The Labute approximate surface area is 179 Å². The Morgan fingerprint density at radius 2 is 1.97 bits per heavy atom. The molecule has 8 nitrogen and oxygen atoms in total. The molecule has 0 unspecified atom stereocenters. The van der Waals surface area contributed by atoms with Gasteiger partial charge >= 0.3 is 0 Å². The Balaban J connectivity index is 1.46. The Kier molecular flexibility index (Phi) is 5.15. The SMILES string of the molecule is CCc1nc(C)cn2nc(-c3cc(=O)n4cc(OCC5CCNCC5)ccc4n3)cc12. The normalized spacial score (nSPS) is 15.0. The zero-order valence-electron chi connectivity index (χ0n) is 17.8. The molecule has 4 aromatic heterocycles. The van der Waals surface area contributed by atoms with Crippen LogP contribution >= 0.6 is 0 Å². The third-order valence-electron chi connectivity index (χ3n) is 5.83. The van der Waals surface area contributed by atoms with Crippen LogP contribution in [-0.4, -0.2) is 43.7 Å². The summed E-state index contributed by atoms with van der Waals surface area (Å²) in [5.41, 5.74) is 4.44. The molecule has 5 rings (SSSR count). The molecule has 160 valence electrons. The fourth-order valence-corrected chi connectivity index (χ4v) is 4.13. The molecule has 0 atom stereocenters. The summed E-state index contributed by atoms with van der Waals surface area (Å²) < 4.78 is 9.31. The van der Waals surface area contributed by atoms with E-state index in [1.54, 1.807) is 6.20 Å². The fourth-order valence-electron chi connectivity index (χ4n) is 4.13. The number of piperidine rings is 1. The first kappa shape index (κ1) is 19.7. The Morgan fingerprint density at radius 1 is 1.13 bits per heavy atom. The van der Waals surface area contributed by atoms with Gasteiger partial charge in [0.1, 0.15) is 17.1 Å². The second-order valence-electron chi connectivity index (χ2n) is 8.12. The molecule has 1 fully saturated rings. The van der Waals surface area contributed by atoms with Crippen LogP contribution in [0.1, 0.15) is 31.2 Å². The maximum atomic E-state index is 12.8. The van der Waals surface area contributed by atoms with Gasteiger partial charge in [0.15, 0.2) is 0 Å². The van der Waals surface area contributed by atoms with E-state index in [0.29, 0.717) is 35.3 Å². The highest BCUT2D eigenvalue weighted by Crippen LogP contribution is 2.21. The maximum Gasteiger partial charge on any atom is 0.258 e. The number of aromatic nitrogens is 5. The van der Waals surface area contributed by atoms with E-state index in [1.807, 2.05) is 35.8 Å². The highest BCUT2D eigenvalue weighted by Gasteiger charge is 2.15. The highest BCUT2D eigenvalue weighted by molar-refractivity contribution is 5.66. The molecule has 0 radical (unpaired) electrons. The maximum absolute atomic E-state index is 12.8. The van der Waals surface area contributed by atoms with Crippen LogP contribution in [0.4, 0.5) is 0 Å². The third kappa shape index (κ3) is 3.90. The first-order chi connectivity index (χ1) is 15.1. The van der Waals surface area contributed by atoms with Gasteiger partial charge in [0, 0.05) is 6.07 Å². The van der Waals surface area contributed by atoms with Gasteiger partial charge in [-0.3, -0.25) is 14.2 Å². The lowest BCUT2D eigenvalue weighted by molar-refractivity contribution is 0.214. The van der Waals surface area contributed by atoms with Gasteiger partial charge in [-0.25, -0.2) is 9.50 Å². The van der Waals surface area contributed by atoms with Crippen LogP contribution in [0.2, 0.25) is 0 Å². The van der Waals surface area contributed by atoms with E-state index in [-0.39, 0.29) is 5.56 Å². The van der Waals surface area contributed by atoms with Crippen LogP contribution in [0.25, 0.3) is 22.6 Å². The molecule has 1 saturated heterocycles. The van der Waals surface area contributed by atoms with E-state index in [2.05, 4.69) is 27.3 Å². The van der Waals surface area contributed by atoms with Gasteiger partial charge in [-0.15, -0.1) is 0 Å². The summed E-state index contributed by atoms with van der Waals surface area (Å²) in [5.74, 6) is 1.24. The minimum atomic E-state index is -0.158. The largest absolute Gasteiger partial charge is 0.492 e. The van der Waals surface area contributed by atoms with Crippen molar-refractivity contribution in [1.82, 2.24) is 29.3 Å². The molecule has 8 heteroatoms. The Morgan fingerprint density at radius 3 is 2.77 bits per heavy atom. The van der Waals surface area contributed by atoms with Gasteiger partial charge in [-0.1, -0.05) is 6.92 Å². The number of hydrogen-bond donors (Lipinski definition) is 1. The minimum Gasteiger partial charge on any atom is -0.492 e. The topological polar surface area (TPSA) is 85.8 Å². The predicted octanol–water partition coefficient (Wildman–Crippen LogP) is 2.65. The van der Waals surface area contributed by atoms with E-state index in [9.17, 15) is 4.79 Å². The van der Waals surface area contributed by atoms with Crippen molar-refractivity contribution in [2.45, 2.75) is 33.1 Å². The lowest BCUT2D eigenvalue weighted by Crippen LogP contribution is -2.30. The summed E-state index contributed by atoms with van der Waals surface area (Å²) in [5, 5.41) is 8.00. The molecule has 4 aromatic rings. The van der Waals surface area contributed by atoms with Crippen molar-refractivity contribution >= 4 is 11.2 Å². The molecule has 0 bridgehead atoms. The molecular formula is C23H26N6O2. The van der Waals surface area contributed by atoms with Crippen molar-refractivity contribution in [2.24, 2.45) is 5.92 Å². The third-order valence-corrected chi connectivity index (χ3v) is 5.83. The number of ether oxygens (including phenoxy) is 1. The molecule has 0 spiro atoms. The van der Waals surface area contributed by atoms with Crippen LogP contribution < -0.4 is 15.6 Å². The number of hydrogen-bond acceptors (Lipinski definition) is 6. The van der Waals surface area contributed by atoms with Gasteiger partial charge < -0.3 is 10.1 Å². The number of rotatable bonds is 5. The van der Waals surface area contributed by atoms with Crippen LogP contribution in [0.5, 0.6) is 5.75 Å². The lowest BCUT2D eigenvalue weighted by atomic mass is 9.99. The average molecular weight is 419 g/mol. The summed E-state index contributed by atoms with van der Waals surface area (Å²) in [7, 11) is 0. The van der Waals surface area contributed by atoms with Gasteiger partial charge in [0.2, 0.25) is 0 Å². The summed E-state index contributed by atoms with van der Waals surface area (Å²) >= 11 is 0. The van der Waals surface area contributed by atoms with Gasteiger partial charge in [0.25, 0.3) is 5.56 Å². The Bertz CT molecular complexity index is 1300. The molecule has 31 heavy (non-hydrogen) atoms. The van der Waals surface area contributed by atoms with Gasteiger partial charge in [-0.2, -0.15) is 5.10 Å². The first-order valence-electron chi connectivity index (χ1n) is 10.8. The van der Waals surface area contributed by atoms with Crippen LogP contribution in [-0.2, 0) is 6.42 Å². The molecule has 1 aliphatic rings. The van der Waals surface area contributed by atoms with Crippen molar-refractivity contribution in [3.63, 3.8) is 0 Å². The minimum absolute atomic E-state index is 0.158. The van der Waals surface area contributed by atoms with Crippen LogP contribution in [0, 0.1) is 12.8 Å². The molecule has 0 aromatic carbocycles. The predicted molar refractivity (Wildman–Crippen MR) is 119 cm³/mol. The first-order valence-corrected chi connectivity index (χ1v) is 10.8. The average Bonchev–Trinajstić information content (AvgIpc) is 3.22. The van der Waals surface area contributed by atoms with Crippen LogP contribution in [0.3, 0.4) is 0 Å². The molecule has 1 N–H and O–H groups in total.